The fourth-order valence-electron chi connectivity index (χ4n) is 4.18. The number of hydrogen-bond acceptors (Lipinski definition) is 5. The van der Waals surface area contributed by atoms with Crippen LogP contribution in [0.4, 0.5) is 5.69 Å². The number of rotatable bonds is 3. The number of amides is 1. The van der Waals surface area contributed by atoms with E-state index in [9.17, 15) is 4.79 Å². The second kappa shape index (κ2) is 8.04. The third-order valence-corrected chi connectivity index (χ3v) is 7.04. The smallest absolute Gasteiger partial charge is 0.286 e. The van der Waals surface area contributed by atoms with Crippen molar-refractivity contribution >= 4 is 50.5 Å². The average molecular weight is 461 g/mol. The van der Waals surface area contributed by atoms with Crippen LogP contribution in [0.1, 0.15) is 44.5 Å². The molecule has 1 amide bonds. The Morgan fingerprint density at radius 2 is 1.84 bits per heavy atom. The minimum atomic E-state index is -0.240. The lowest BCUT2D eigenvalue weighted by molar-refractivity contribution is 0.0717. The van der Waals surface area contributed by atoms with Gasteiger partial charge in [-0.2, -0.15) is 5.10 Å². The maximum Gasteiger partial charge on any atom is 0.286 e. The van der Waals surface area contributed by atoms with E-state index in [0.717, 1.165) is 38.3 Å². The molecule has 7 heteroatoms. The first kappa shape index (κ1) is 20.7. The number of anilines is 1. The molecule has 4 aromatic rings. The first-order valence-electron chi connectivity index (χ1n) is 10.3. The van der Waals surface area contributed by atoms with Gasteiger partial charge in [0.25, 0.3) is 5.91 Å². The van der Waals surface area contributed by atoms with E-state index in [-0.39, 0.29) is 11.9 Å². The Kier molecular flexibility index (Phi) is 5.19. The summed E-state index contributed by atoms with van der Waals surface area (Å²) in [6, 6.07) is 19.2. The van der Waals surface area contributed by atoms with Gasteiger partial charge in [0, 0.05) is 22.5 Å². The molecule has 0 fully saturated rings. The van der Waals surface area contributed by atoms with E-state index in [4.69, 9.17) is 22.4 Å². The molecule has 0 radical (unpaired) electrons. The molecule has 32 heavy (non-hydrogen) atoms. The van der Waals surface area contributed by atoms with Crippen LogP contribution in [0.5, 0.6) is 0 Å². The maximum atomic E-state index is 13.8. The Labute approximate surface area is 195 Å². The number of aryl methyl sites for hydroxylation is 2. The molecule has 5 nitrogen and oxygen atoms in total. The number of hydrazone groups is 1. The van der Waals surface area contributed by atoms with Crippen LogP contribution in [0.25, 0.3) is 10.2 Å². The highest BCUT2D eigenvalue weighted by Gasteiger charge is 2.35. The van der Waals surface area contributed by atoms with Crippen molar-refractivity contribution in [3.8, 4) is 0 Å². The van der Waals surface area contributed by atoms with Gasteiger partial charge in [-0.3, -0.25) is 4.79 Å². The predicted molar refractivity (Wildman–Crippen MR) is 131 cm³/mol. The summed E-state index contributed by atoms with van der Waals surface area (Å²) < 4.78 is 0. The van der Waals surface area contributed by atoms with Crippen LogP contribution in [-0.4, -0.2) is 21.6 Å². The summed E-state index contributed by atoms with van der Waals surface area (Å²) in [6.45, 7) is 3.93. The van der Waals surface area contributed by atoms with Crippen LogP contribution in [0.2, 0.25) is 5.02 Å². The van der Waals surface area contributed by atoms with Gasteiger partial charge in [-0.25, -0.2) is 9.99 Å². The molecule has 0 spiro atoms. The van der Waals surface area contributed by atoms with Gasteiger partial charge in [-0.05, 0) is 48.7 Å². The Hall–Kier alpha value is -3.22. The number of carbonyl (C=O) groups excluding carboxylic acids is 1. The van der Waals surface area contributed by atoms with Gasteiger partial charge in [0.2, 0.25) is 0 Å². The van der Waals surface area contributed by atoms with Crippen molar-refractivity contribution in [2.75, 3.05) is 5.73 Å². The second-order valence-electron chi connectivity index (χ2n) is 7.94. The number of nitrogen functional groups attached to an aromatic ring is 1. The highest BCUT2D eigenvalue weighted by atomic mass is 35.5. The summed E-state index contributed by atoms with van der Waals surface area (Å²) in [5.74, 6) is -0.214. The van der Waals surface area contributed by atoms with Crippen LogP contribution < -0.4 is 5.73 Å². The Balaban J connectivity index is 1.60. The molecule has 1 aliphatic rings. The van der Waals surface area contributed by atoms with Gasteiger partial charge in [-0.15, -0.1) is 11.3 Å². The summed E-state index contributed by atoms with van der Waals surface area (Å²) in [4.78, 5) is 19.6. The van der Waals surface area contributed by atoms with Crippen LogP contribution in [0, 0.1) is 13.8 Å². The van der Waals surface area contributed by atoms with Crippen molar-refractivity contribution in [2.24, 2.45) is 5.10 Å². The molecular formula is C25H21ClN4OS. The van der Waals surface area contributed by atoms with Crippen LogP contribution in [-0.2, 0) is 0 Å². The standard InChI is InChI=1S/C25H21ClN4OS/c1-14-12-15(2)28-24-21(14)22(27)23(32-24)25(31)30-20(17-8-10-18(26)11-9-17)13-19(29-30)16-6-4-3-5-7-16/h3-12,20H,13,27H2,1-2H3/t20-/m1/s1. The van der Waals surface area contributed by atoms with Gasteiger partial charge in [0.05, 0.1) is 17.4 Å². The number of benzene rings is 2. The third kappa shape index (κ3) is 3.55. The molecule has 0 saturated heterocycles. The first-order valence-corrected chi connectivity index (χ1v) is 11.5. The van der Waals surface area contributed by atoms with Crippen LogP contribution in [0.3, 0.4) is 0 Å². The lowest BCUT2D eigenvalue weighted by atomic mass is 9.98. The zero-order valence-electron chi connectivity index (χ0n) is 17.7. The number of thiophene rings is 1. The van der Waals surface area contributed by atoms with E-state index < -0.39 is 0 Å². The summed E-state index contributed by atoms with van der Waals surface area (Å²) >= 11 is 7.43. The van der Waals surface area contributed by atoms with E-state index >= 15 is 0 Å². The number of pyridine rings is 1. The number of nitrogens with zero attached hydrogens (tertiary/aromatic N) is 3. The molecule has 1 atom stereocenters. The molecule has 0 bridgehead atoms. The van der Waals surface area contributed by atoms with Gasteiger partial charge in [0.15, 0.2) is 0 Å². The van der Waals surface area contributed by atoms with Crippen molar-refractivity contribution in [2.45, 2.75) is 26.3 Å². The number of fused-ring (bicyclic) bond motifs is 1. The summed E-state index contributed by atoms with van der Waals surface area (Å²) in [6.07, 6.45) is 0.610. The molecule has 160 valence electrons. The van der Waals surface area contributed by atoms with Gasteiger partial charge in [0.1, 0.15) is 9.71 Å². The number of aromatic nitrogens is 1. The molecule has 2 aromatic carbocycles. The highest BCUT2D eigenvalue weighted by molar-refractivity contribution is 7.21. The van der Waals surface area contributed by atoms with Crippen molar-refractivity contribution < 1.29 is 4.79 Å². The number of carbonyl (C=O) groups is 1. The maximum absolute atomic E-state index is 13.8. The number of hydrogen-bond donors (Lipinski definition) is 1. The normalized spacial score (nSPS) is 15.9. The molecule has 2 N–H and O–H groups in total. The first-order chi connectivity index (χ1) is 15.4. The Bertz CT molecular complexity index is 1360. The van der Waals surface area contributed by atoms with Gasteiger partial charge >= 0.3 is 0 Å². The minimum Gasteiger partial charge on any atom is -0.397 e. The lowest BCUT2D eigenvalue weighted by Crippen LogP contribution is -2.27. The van der Waals surface area contributed by atoms with Crippen LogP contribution in [0.15, 0.2) is 65.8 Å². The quantitative estimate of drug-likeness (QED) is 0.399. The van der Waals surface area contributed by atoms with Gasteiger partial charge < -0.3 is 5.73 Å². The van der Waals surface area contributed by atoms with Crippen molar-refractivity contribution in [3.05, 3.63) is 92.9 Å². The Morgan fingerprint density at radius 1 is 1.12 bits per heavy atom. The summed E-state index contributed by atoms with van der Waals surface area (Å²) in [5, 5.41) is 7.83. The van der Waals surface area contributed by atoms with Crippen molar-refractivity contribution in [1.82, 2.24) is 9.99 Å². The minimum absolute atomic E-state index is 0.214. The SMILES string of the molecule is Cc1cc(C)c2c(N)c(C(=O)N3N=C(c4ccccc4)C[C@@H]3c3ccc(Cl)cc3)sc2n1. The zero-order valence-corrected chi connectivity index (χ0v) is 19.2. The molecule has 0 aliphatic carbocycles. The largest absolute Gasteiger partial charge is 0.397 e. The lowest BCUT2D eigenvalue weighted by Gasteiger charge is -2.21. The van der Waals surface area contributed by atoms with E-state index in [1.165, 1.54) is 11.3 Å². The van der Waals surface area contributed by atoms with Crippen LogP contribution >= 0.6 is 22.9 Å². The molecule has 3 heterocycles. The topological polar surface area (TPSA) is 71.6 Å². The summed E-state index contributed by atoms with van der Waals surface area (Å²) in [7, 11) is 0. The summed E-state index contributed by atoms with van der Waals surface area (Å²) in [5.41, 5.74) is 11.7. The fraction of sp³-hybridized carbons (Fsp3) is 0.160. The Morgan fingerprint density at radius 3 is 2.56 bits per heavy atom. The third-order valence-electron chi connectivity index (χ3n) is 5.70. The highest BCUT2D eigenvalue weighted by Crippen LogP contribution is 2.40. The van der Waals surface area contributed by atoms with E-state index in [1.807, 2.05) is 74.5 Å². The van der Waals surface area contributed by atoms with E-state index in [2.05, 4.69) is 4.98 Å². The van der Waals surface area contributed by atoms with Gasteiger partial charge in [-0.1, -0.05) is 54.1 Å². The molecule has 1 aliphatic heterocycles. The van der Waals surface area contributed by atoms with E-state index in [1.54, 1.807) is 5.01 Å². The number of nitrogens with two attached hydrogens (primary N) is 1. The molecule has 0 unspecified atom stereocenters. The zero-order chi connectivity index (χ0) is 22.4. The van der Waals surface area contributed by atoms with E-state index in [0.29, 0.717) is 22.0 Å². The van der Waals surface area contributed by atoms with Crippen molar-refractivity contribution in [1.29, 1.82) is 0 Å². The average Bonchev–Trinajstić information content (AvgIpc) is 3.36. The monoisotopic (exact) mass is 460 g/mol. The van der Waals surface area contributed by atoms with Crippen molar-refractivity contribution in [3.63, 3.8) is 0 Å². The molecule has 2 aromatic heterocycles. The predicted octanol–water partition coefficient (Wildman–Crippen LogP) is 6.14. The molecular weight excluding hydrogens is 440 g/mol. The molecule has 0 saturated carbocycles. The fourth-order valence-corrected chi connectivity index (χ4v) is 5.45. The second-order valence-corrected chi connectivity index (χ2v) is 9.37. The molecule has 5 rings (SSSR count). The number of halogens is 1.